The molecular weight excluding hydrogens is 294 g/mol. The summed E-state index contributed by atoms with van der Waals surface area (Å²) < 4.78 is 33.8. The number of aromatic nitrogens is 1. The first-order valence-electron chi connectivity index (χ1n) is 6.12. The Hall–Kier alpha value is -2.41. The number of hydrogen-bond donors (Lipinski definition) is 0. The highest BCUT2D eigenvalue weighted by Crippen LogP contribution is 2.39. The maximum atomic E-state index is 12.1. The molecule has 0 radical (unpaired) electrons. The quantitative estimate of drug-likeness (QED) is 0.618. The molecule has 1 aromatic heterocycles. The minimum Gasteiger partial charge on any atom is -0.469 e. The van der Waals surface area contributed by atoms with Gasteiger partial charge in [0.25, 0.3) is 0 Å². The molecule has 108 valence electrons. The summed E-state index contributed by atoms with van der Waals surface area (Å²) in [5.41, 5.74) is 1.31. The molecule has 21 heavy (non-hydrogen) atoms. The van der Waals surface area contributed by atoms with Gasteiger partial charge in [0.05, 0.1) is 24.9 Å². The largest absolute Gasteiger partial charge is 0.469 e. The number of methoxy groups -OCH3 is 1. The van der Waals surface area contributed by atoms with Crippen LogP contribution >= 0.6 is 0 Å². The van der Waals surface area contributed by atoms with Crippen molar-refractivity contribution >= 4 is 16.1 Å². The van der Waals surface area contributed by atoms with Crippen molar-refractivity contribution in [3.63, 3.8) is 0 Å². The first-order chi connectivity index (χ1) is 10.0. The van der Waals surface area contributed by atoms with Gasteiger partial charge in [0.2, 0.25) is 0 Å². The van der Waals surface area contributed by atoms with Gasteiger partial charge in [0.1, 0.15) is 4.90 Å². The van der Waals surface area contributed by atoms with Gasteiger partial charge in [-0.2, -0.15) is 8.42 Å². The Morgan fingerprint density at radius 2 is 2.00 bits per heavy atom. The summed E-state index contributed by atoms with van der Waals surface area (Å²) in [6, 6.07) is 9.59. The zero-order valence-electron chi connectivity index (χ0n) is 11.1. The van der Waals surface area contributed by atoms with Gasteiger partial charge in [-0.05, 0) is 24.3 Å². The average Bonchev–Trinajstić information content (AvgIpc) is 2.46. The van der Waals surface area contributed by atoms with Crippen LogP contribution in [0.15, 0.2) is 41.3 Å². The van der Waals surface area contributed by atoms with Crippen molar-refractivity contribution in [1.29, 1.82) is 0 Å². The summed E-state index contributed by atoms with van der Waals surface area (Å²) >= 11 is 0. The predicted octanol–water partition coefficient (Wildman–Crippen LogP) is 1.55. The Balaban J connectivity index is 2.17. The van der Waals surface area contributed by atoms with E-state index in [1.807, 2.05) is 0 Å². The van der Waals surface area contributed by atoms with E-state index >= 15 is 0 Å². The number of ether oxygens (including phenoxy) is 1. The van der Waals surface area contributed by atoms with Crippen LogP contribution in [0.2, 0.25) is 0 Å². The third kappa shape index (κ3) is 2.36. The summed E-state index contributed by atoms with van der Waals surface area (Å²) in [6.07, 6.45) is -0.0210. The highest BCUT2D eigenvalue weighted by atomic mass is 32.2. The lowest BCUT2D eigenvalue weighted by Crippen LogP contribution is -2.17. The number of carbonyl (C=O) groups is 1. The standard InChI is InChI=1S/C14H11NO5S/c1-19-13(16)8-9-6-7-12-14(15-9)10-4-2-3-5-11(10)20-21(12,17)18/h2-7H,8H2,1H3. The van der Waals surface area contributed by atoms with E-state index in [1.54, 1.807) is 24.3 Å². The fourth-order valence-electron chi connectivity index (χ4n) is 2.10. The predicted molar refractivity (Wildman–Crippen MR) is 73.2 cm³/mol. The number of para-hydroxylation sites is 1. The molecule has 0 saturated carbocycles. The molecule has 0 fully saturated rings. The van der Waals surface area contributed by atoms with Crippen LogP contribution in [-0.4, -0.2) is 26.5 Å². The second-order valence-electron chi connectivity index (χ2n) is 4.44. The third-order valence-electron chi connectivity index (χ3n) is 3.08. The molecule has 0 saturated heterocycles. The van der Waals surface area contributed by atoms with Crippen LogP contribution in [0.25, 0.3) is 11.3 Å². The van der Waals surface area contributed by atoms with E-state index in [1.165, 1.54) is 19.2 Å². The Bertz CT molecular complexity index is 829. The lowest BCUT2D eigenvalue weighted by molar-refractivity contribution is -0.139. The van der Waals surface area contributed by atoms with Gasteiger partial charge in [0, 0.05) is 5.56 Å². The molecular formula is C14H11NO5S. The highest BCUT2D eigenvalue weighted by Gasteiger charge is 2.30. The molecule has 1 aliphatic heterocycles. The molecule has 3 rings (SSSR count). The molecule has 0 amide bonds. The van der Waals surface area contributed by atoms with Crippen molar-refractivity contribution in [2.24, 2.45) is 0 Å². The molecule has 0 spiro atoms. The van der Waals surface area contributed by atoms with Gasteiger partial charge in [0.15, 0.2) is 5.75 Å². The molecule has 1 aliphatic rings. The summed E-state index contributed by atoms with van der Waals surface area (Å²) in [5, 5.41) is 0. The summed E-state index contributed by atoms with van der Waals surface area (Å²) in [7, 11) is -2.60. The van der Waals surface area contributed by atoms with Crippen molar-refractivity contribution in [1.82, 2.24) is 4.98 Å². The SMILES string of the molecule is COC(=O)Cc1ccc2c(n1)-c1ccccc1OS2(=O)=O. The lowest BCUT2D eigenvalue weighted by atomic mass is 10.1. The number of pyridine rings is 1. The van der Waals surface area contributed by atoms with Crippen molar-refractivity contribution in [2.75, 3.05) is 7.11 Å². The van der Waals surface area contributed by atoms with Crippen molar-refractivity contribution in [2.45, 2.75) is 11.3 Å². The van der Waals surface area contributed by atoms with Crippen LogP contribution in [0.4, 0.5) is 0 Å². The van der Waals surface area contributed by atoms with Crippen LogP contribution in [-0.2, 0) is 26.1 Å². The maximum Gasteiger partial charge on any atom is 0.341 e. The highest BCUT2D eigenvalue weighted by molar-refractivity contribution is 7.87. The van der Waals surface area contributed by atoms with E-state index in [0.29, 0.717) is 17.0 Å². The average molecular weight is 305 g/mol. The number of fused-ring (bicyclic) bond motifs is 3. The van der Waals surface area contributed by atoms with E-state index in [9.17, 15) is 13.2 Å². The molecule has 1 aromatic carbocycles. The lowest BCUT2D eigenvalue weighted by Gasteiger charge is -2.19. The number of carbonyl (C=O) groups excluding carboxylic acids is 1. The molecule has 0 unspecified atom stereocenters. The Labute approximate surface area is 121 Å². The third-order valence-corrected chi connectivity index (χ3v) is 4.35. The number of hydrogen-bond acceptors (Lipinski definition) is 6. The summed E-state index contributed by atoms with van der Waals surface area (Å²) in [6.45, 7) is 0. The van der Waals surface area contributed by atoms with E-state index in [2.05, 4.69) is 9.72 Å². The molecule has 0 bridgehead atoms. The van der Waals surface area contributed by atoms with E-state index in [-0.39, 0.29) is 17.1 Å². The molecule has 6 nitrogen and oxygen atoms in total. The van der Waals surface area contributed by atoms with E-state index in [0.717, 1.165) is 0 Å². The number of nitrogens with zero attached hydrogens (tertiary/aromatic N) is 1. The molecule has 0 N–H and O–H groups in total. The van der Waals surface area contributed by atoms with E-state index < -0.39 is 16.1 Å². The number of benzene rings is 1. The number of esters is 1. The van der Waals surface area contributed by atoms with Crippen molar-refractivity contribution in [3.05, 3.63) is 42.1 Å². The van der Waals surface area contributed by atoms with Crippen LogP contribution in [0.5, 0.6) is 5.75 Å². The van der Waals surface area contributed by atoms with Gasteiger partial charge in [-0.25, -0.2) is 0 Å². The first-order valence-corrected chi connectivity index (χ1v) is 7.53. The summed E-state index contributed by atoms with van der Waals surface area (Å²) in [5.74, 6) is -0.210. The normalized spacial score (nSPS) is 14.5. The van der Waals surface area contributed by atoms with Crippen LogP contribution in [0, 0.1) is 0 Å². The van der Waals surface area contributed by atoms with Crippen molar-refractivity contribution in [3.8, 4) is 17.0 Å². The maximum absolute atomic E-state index is 12.1. The van der Waals surface area contributed by atoms with Crippen LogP contribution < -0.4 is 4.18 Å². The van der Waals surface area contributed by atoms with Gasteiger partial charge >= 0.3 is 16.1 Å². The van der Waals surface area contributed by atoms with Gasteiger partial charge in [-0.1, -0.05) is 12.1 Å². The molecule has 2 heterocycles. The minimum atomic E-state index is -3.88. The van der Waals surface area contributed by atoms with Crippen LogP contribution in [0.1, 0.15) is 5.69 Å². The molecule has 0 aliphatic carbocycles. The number of rotatable bonds is 2. The van der Waals surface area contributed by atoms with Crippen LogP contribution in [0.3, 0.4) is 0 Å². The second-order valence-corrected chi connectivity index (χ2v) is 5.95. The zero-order valence-corrected chi connectivity index (χ0v) is 11.9. The smallest absolute Gasteiger partial charge is 0.341 e. The Kier molecular flexibility index (Phi) is 3.13. The molecule has 0 atom stereocenters. The monoisotopic (exact) mass is 305 g/mol. The Morgan fingerprint density at radius 3 is 2.76 bits per heavy atom. The fourth-order valence-corrected chi connectivity index (χ4v) is 3.20. The van der Waals surface area contributed by atoms with Gasteiger partial charge in [-0.3, -0.25) is 9.78 Å². The Morgan fingerprint density at radius 1 is 1.24 bits per heavy atom. The summed E-state index contributed by atoms with van der Waals surface area (Å²) in [4.78, 5) is 15.6. The topological polar surface area (TPSA) is 82.6 Å². The van der Waals surface area contributed by atoms with Gasteiger partial charge < -0.3 is 8.92 Å². The van der Waals surface area contributed by atoms with Crippen molar-refractivity contribution < 1.29 is 22.1 Å². The van der Waals surface area contributed by atoms with Gasteiger partial charge in [-0.15, -0.1) is 0 Å². The zero-order chi connectivity index (χ0) is 15.0. The first kappa shape index (κ1) is 13.6. The molecule has 7 heteroatoms. The fraction of sp³-hybridized carbons (Fsp3) is 0.143. The molecule has 2 aromatic rings. The van der Waals surface area contributed by atoms with E-state index in [4.69, 9.17) is 4.18 Å². The minimum absolute atomic E-state index is 0.00480. The second kappa shape index (κ2) is 4.85.